The summed E-state index contributed by atoms with van der Waals surface area (Å²) in [5.41, 5.74) is 6.63. The fourth-order valence-corrected chi connectivity index (χ4v) is 1.91. The summed E-state index contributed by atoms with van der Waals surface area (Å²) in [7, 11) is 0. The lowest BCUT2D eigenvalue weighted by atomic mass is 10.0. The molecule has 0 saturated heterocycles. The minimum atomic E-state index is -0.0588. The molecule has 1 rings (SSSR count). The van der Waals surface area contributed by atoms with Crippen LogP contribution in [0.25, 0.3) is 0 Å². The Morgan fingerprint density at radius 1 is 1.28 bits per heavy atom. The van der Waals surface area contributed by atoms with Gasteiger partial charge in [0.2, 0.25) is 5.91 Å². The summed E-state index contributed by atoms with van der Waals surface area (Å²) in [6, 6.07) is 10.6. The van der Waals surface area contributed by atoms with Crippen LogP contribution in [-0.2, 0) is 11.2 Å². The summed E-state index contributed by atoms with van der Waals surface area (Å²) in [6.45, 7) is 2.20. The molecule has 0 radical (unpaired) electrons. The highest BCUT2D eigenvalue weighted by Crippen LogP contribution is 2.08. The Morgan fingerprint density at radius 2 is 1.94 bits per heavy atom. The van der Waals surface area contributed by atoms with E-state index < -0.39 is 0 Å². The third kappa shape index (κ3) is 6.62. The largest absolute Gasteiger partial charge is 0.352 e. The van der Waals surface area contributed by atoms with Crippen molar-refractivity contribution < 1.29 is 4.79 Å². The molecule has 0 spiro atoms. The number of nitrogens with one attached hydrogen (secondary N) is 1. The Bertz CT molecular complexity index is 330. The number of benzene rings is 1. The Morgan fingerprint density at radius 3 is 2.50 bits per heavy atom. The van der Waals surface area contributed by atoms with Gasteiger partial charge in [-0.1, -0.05) is 43.7 Å². The van der Waals surface area contributed by atoms with Crippen LogP contribution in [0.5, 0.6) is 0 Å². The lowest BCUT2D eigenvalue weighted by molar-refractivity contribution is -0.120. The average Bonchev–Trinajstić information content (AvgIpc) is 2.37. The Kier molecular flexibility index (Phi) is 9.33. The maximum absolute atomic E-state index is 11.3. The smallest absolute Gasteiger partial charge is 0.233 e. The highest BCUT2D eigenvalue weighted by atomic mass is 35.5. The third-order valence-electron chi connectivity index (χ3n) is 2.81. The zero-order chi connectivity index (χ0) is 12.5. The molecule has 1 amide bonds. The number of carbonyl (C=O) groups is 1. The molecule has 18 heavy (non-hydrogen) atoms. The van der Waals surface area contributed by atoms with E-state index >= 15 is 0 Å². The number of halogens is 1. The fraction of sp³-hybridized carbons (Fsp3) is 0.500. The number of hydrogen-bond donors (Lipinski definition) is 2. The van der Waals surface area contributed by atoms with Crippen molar-refractivity contribution in [3.8, 4) is 0 Å². The van der Waals surface area contributed by atoms with E-state index in [1.165, 1.54) is 5.56 Å². The predicted molar refractivity (Wildman–Crippen MR) is 77.9 cm³/mol. The molecule has 3 nitrogen and oxygen atoms in total. The SMILES string of the molecule is CCCC(CCc1ccccc1)NC(=O)CN.Cl. The monoisotopic (exact) mass is 270 g/mol. The number of amides is 1. The van der Waals surface area contributed by atoms with Gasteiger partial charge in [-0.2, -0.15) is 0 Å². The molecular weight excluding hydrogens is 248 g/mol. The van der Waals surface area contributed by atoms with Gasteiger partial charge in [0, 0.05) is 6.04 Å². The lowest BCUT2D eigenvalue weighted by Crippen LogP contribution is -2.39. The zero-order valence-electron chi connectivity index (χ0n) is 10.9. The fourth-order valence-electron chi connectivity index (χ4n) is 1.91. The van der Waals surface area contributed by atoms with E-state index in [0.717, 1.165) is 25.7 Å². The van der Waals surface area contributed by atoms with E-state index in [4.69, 9.17) is 5.73 Å². The average molecular weight is 271 g/mol. The molecule has 1 aromatic carbocycles. The Hall–Kier alpha value is -1.06. The zero-order valence-corrected chi connectivity index (χ0v) is 11.7. The van der Waals surface area contributed by atoms with Gasteiger partial charge in [0.05, 0.1) is 6.54 Å². The summed E-state index contributed by atoms with van der Waals surface area (Å²) in [6.07, 6.45) is 4.06. The van der Waals surface area contributed by atoms with Crippen molar-refractivity contribution in [3.63, 3.8) is 0 Å². The molecule has 0 aromatic heterocycles. The molecule has 1 unspecified atom stereocenters. The van der Waals surface area contributed by atoms with Crippen LogP contribution in [-0.4, -0.2) is 18.5 Å². The third-order valence-corrected chi connectivity index (χ3v) is 2.81. The standard InChI is InChI=1S/C14H22N2O.ClH/c1-2-6-13(16-14(17)11-15)10-9-12-7-4-3-5-8-12;/h3-5,7-8,13H,2,6,9-11,15H2,1H3,(H,16,17);1H. The second-order valence-electron chi connectivity index (χ2n) is 4.28. The molecule has 0 aliphatic carbocycles. The molecule has 1 aromatic rings. The number of rotatable bonds is 7. The minimum Gasteiger partial charge on any atom is -0.352 e. The van der Waals surface area contributed by atoms with Gasteiger partial charge < -0.3 is 11.1 Å². The molecule has 3 N–H and O–H groups in total. The minimum absolute atomic E-state index is 0. The van der Waals surface area contributed by atoms with Gasteiger partial charge in [-0.15, -0.1) is 12.4 Å². The lowest BCUT2D eigenvalue weighted by Gasteiger charge is -2.17. The van der Waals surface area contributed by atoms with Crippen molar-refractivity contribution >= 4 is 18.3 Å². The molecule has 0 bridgehead atoms. The van der Waals surface area contributed by atoms with Crippen molar-refractivity contribution in [3.05, 3.63) is 35.9 Å². The van der Waals surface area contributed by atoms with Crippen molar-refractivity contribution in [2.45, 2.75) is 38.6 Å². The quantitative estimate of drug-likeness (QED) is 0.799. The molecule has 0 aliphatic heterocycles. The second-order valence-corrected chi connectivity index (χ2v) is 4.28. The molecule has 0 saturated carbocycles. The highest BCUT2D eigenvalue weighted by molar-refractivity contribution is 5.85. The van der Waals surface area contributed by atoms with E-state index in [-0.39, 0.29) is 30.9 Å². The maximum atomic E-state index is 11.3. The summed E-state index contributed by atoms with van der Waals surface area (Å²) in [4.78, 5) is 11.3. The molecule has 0 aliphatic rings. The first-order valence-corrected chi connectivity index (χ1v) is 6.29. The van der Waals surface area contributed by atoms with Crippen molar-refractivity contribution in [1.82, 2.24) is 5.32 Å². The van der Waals surface area contributed by atoms with Crippen LogP contribution in [0.2, 0.25) is 0 Å². The van der Waals surface area contributed by atoms with Crippen LogP contribution in [0.4, 0.5) is 0 Å². The number of hydrogen-bond acceptors (Lipinski definition) is 2. The van der Waals surface area contributed by atoms with E-state index in [0.29, 0.717) is 0 Å². The number of carbonyl (C=O) groups excluding carboxylic acids is 1. The normalized spacial score (nSPS) is 11.4. The van der Waals surface area contributed by atoms with Crippen LogP contribution in [0.3, 0.4) is 0 Å². The summed E-state index contributed by atoms with van der Waals surface area (Å²) in [5, 5.41) is 2.97. The van der Waals surface area contributed by atoms with Crippen LogP contribution < -0.4 is 11.1 Å². The molecule has 4 heteroatoms. The maximum Gasteiger partial charge on any atom is 0.233 e. The Balaban J connectivity index is 0.00000289. The molecular formula is C14H23ClN2O. The van der Waals surface area contributed by atoms with Crippen LogP contribution in [0.15, 0.2) is 30.3 Å². The van der Waals surface area contributed by atoms with Gasteiger partial charge in [-0.25, -0.2) is 0 Å². The first kappa shape index (κ1) is 16.9. The van der Waals surface area contributed by atoms with Crippen molar-refractivity contribution in [2.24, 2.45) is 5.73 Å². The van der Waals surface area contributed by atoms with Gasteiger partial charge in [0.1, 0.15) is 0 Å². The van der Waals surface area contributed by atoms with Gasteiger partial charge in [0.15, 0.2) is 0 Å². The Labute approximate surface area is 116 Å². The summed E-state index contributed by atoms with van der Waals surface area (Å²) >= 11 is 0. The molecule has 0 fully saturated rings. The molecule has 1 atom stereocenters. The van der Waals surface area contributed by atoms with Crippen LogP contribution >= 0.6 is 12.4 Å². The first-order chi connectivity index (χ1) is 8.26. The van der Waals surface area contributed by atoms with Gasteiger partial charge in [-0.3, -0.25) is 4.79 Å². The van der Waals surface area contributed by atoms with E-state index in [1.807, 2.05) is 18.2 Å². The van der Waals surface area contributed by atoms with Gasteiger partial charge in [-0.05, 0) is 24.8 Å². The topological polar surface area (TPSA) is 55.1 Å². The van der Waals surface area contributed by atoms with Gasteiger partial charge >= 0.3 is 0 Å². The predicted octanol–water partition coefficient (Wildman–Crippen LogP) is 2.28. The summed E-state index contributed by atoms with van der Waals surface area (Å²) < 4.78 is 0. The van der Waals surface area contributed by atoms with Crippen LogP contribution in [0.1, 0.15) is 31.7 Å². The number of aryl methyl sites for hydroxylation is 1. The first-order valence-electron chi connectivity index (χ1n) is 6.29. The highest BCUT2D eigenvalue weighted by Gasteiger charge is 2.10. The number of nitrogens with two attached hydrogens (primary N) is 1. The van der Waals surface area contributed by atoms with Crippen molar-refractivity contribution in [1.29, 1.82) is 0 Å². The van der Waals surface area contributed by atoms with Crippen molar-refractivity contribution in [2.75, 3.05) is 6.54 Å². The van der Waals surface area contributed by atoms with Gasteiger partial charge in [0.25, 0.3) is 0 Å². The van der Waals surface area contributed by atoms with E-state index in [2.05, 4.69) is 24.4 Å². The second kappa shape index (κ2) is 9.92. The van der Waals surface area contributed by atoms with E-state index in [1.54, 1.807) is 0 Å². The summed E-state index contributed by atoms with van der Waals surface area (Å²) in [5.74, 6) is -0.0588. The molecule has 0 heterocycles. The molecule has 102 valence electrons. The van der Waals surface area contributed by atoms with Crippen LogP contribution in [0, 0.1) is 0 Å². The van der Waals surface area contributed by atoms with E-state index in [9.17, 15) is 4.79 Å².